The molecule has 0 fully saturated rings. The van der Waals surface area contributed by atoms with Gasteiger partial charge in [-0.15, -0.1) is 0 Å². The first-order valence-electron chi connectivity index (χ1n) is 8.05. The Kier molecular flexibility index (Phi) is 4.15. The fourth-order valence-electron chi connectivity index (χ4n) is 3.00. The highest BCUT2D eigenvalue weighted by Crippen LogP contribution is 2.37. The zero-order valence-electron chi connectivity index (χ0n) is 14.8. The molecule has 0 saturated heterocycles. The van der Waals surface area contributed by atoms with Gasteiger partial charge in [0.05, 0.1) is 19.9 Å². The van der Waals surface area contributed by atoms with E-state index in [9.17, 15) is 4.79 Å². The summed E-state index contributed by atoms with van der Waals surface area (Å²) in [6, 6.07) is 3.05. The monoisotopic (exact) mass is 386 g/mol. The number of carbonyl (C=O) groups is 1. The SMILES string of the molecule is COc1ccc(N2C(=O)N(c3c(C)noc3C)Cc3cnc(Cl)nc32)nc1. The number of methoxy groups -OCH3 is 1. The summed E-state index contributed by atoms with van der Waals surface area (Å²) in [4.78, 5) is 28.9. The largest absolute Gasteiger partial charge is 0.495 e. The van der Waals surface area contributed by atoms with E-state index in [1.165, 1.54) is 11.1 Å². The summed E-state index contributed by atoms with van der Waals surface area (Å²) in [5.41, 5.74) is 1.94. The third-order valence-corrected chi connectivity index (χ3v) is 4.41. The van der Waals surface area contributed by atoms with Gasteiger partial charge in [-0.3, -0.25) is 4.90 Å². The van der Waals surface area contributed by atoms with Crippen LogP contribution in [0.1, 0.15) is 17.0 Å². The minimum Gasteiger partial charge on any atom is -0.495 e. The molecule has 0 aliphatic carbocycles. The number of urea groups is 1. The molecule has 1 aliphatic rings. The molecule has 2 amide bonds. The van der Waals surface area contributed by atoms with Crippen molar-refractivity contribution < 1.29 is 14.1 Å². The first-order valence-corrected chi connectivity index (χ1v) is 8.43. The van der Waals surface area contributed by atoms with E-state index in [0.717, 1.165) is 5.56 Å². The van der Waals surface area contributed by atoms with Crippen molar-refractivity contribution >= 4 is 35.0 Å². The van der Waals surface area contributed by atoms with E-state index >= 15 is 0 Å². The summed E-state index contributed by atoms with van der Waals surface area (Å²) in [5, 5.41) is 3.99. The molecule has 0 spiro atoms. The van der Waals surface area contributed by atoms with Crippen LogP contribution in [0.5, 0.6) is 5.75 Å². The number of hydrogen-bond acceptors (Lipinski definition) is 7. The topological polar surface area (TPSA) is 97.5 Å². The van der Waals surface area contributed by atoms with Crippen LogP contribution in [0.15, 0.2) is 29.0 Å². The standard InChI is InChI=1S/C17H15ClN6O3/c1-9-14(10(2)27-22-9)23-8-11-6-20-16(18)21-15(11)24(17(23)25)13-5-4-12(26-3)7-19-13/h4-7H,8H2,1-3H3. The number of anilines is 3. The lowest BCUT2D eigenvalue weighted by atomic mass is 10.2. The predicted molar refractivity (Wildman–Crippen MR) is 97.5 cm³/mol. The summed E-state index contributed by atoms with van der Waals surface area (Å²) in [7, 11) is 1.55. The lowest BCUT2D eigenvalue weighted by Gasteiger charge is -2.35. The van der Waals surface area contributed by atoms with Gasteiger partial charge in [0.15, 0.2) is 11.6 Å². The summed E-state index contributed by atoms with van der Waals surface area (Å²) in [5.74, 6) is 1.89. The quantitative estimate of drug-likeness (QED) is 0.636. The van der Waals surface area contributed by atoms with Crippen molar-refractivity contribution in [2.75, 3.05) is 16.9 Å². The van der Waals surface area contributed by atoms with Crippen molar-refractivity contribution in [3.63, 3.8) is 0 Å². The van der Waals surface area contributed by atoms with Gasteiger partial charge in [-0.25, -0.2) is 19.7 Å². The number of hydrogen-bond donors (Lipinski definition) is 0. The fourth-order valence-corrected chi connectivity index (χ4v) is 3.13. The molecule has 9 nitrogen and oxygen atoms in total. The highest BCUT2D eigenvalue weighted by molar-refractivity contribution is 6.28. The predicted octanol–water partition coefficient (Wildman–Crippen LogP) is 3.42. The first kappa shape index (κ1) is 17.2. The minimum atomic E-state index is -0.343. The lowest BCUT2D eigenvalue weighted by molar-refractivity contribution is 0.252. The number of nitrogens with zero attached hydrogens (tertiary/aromatic N) is 6. The Morgan fingerprint density at radius 2 is 2.04 bits per heavy atom. The van der Waals surface area contributed by atoms with Crippen molar-refractivity contribution in [2.24, 2.45) is 0 Å². The number of aromatic nitrogens is 4. The van der Waals surface area contributed by atoms with Gasteiger partial charge in [0.1, 0.15) is 22.9 Å². The zero-order valence-corrected chi connectivity index (χ0v) is 15.6. The summed E-state index contributed by atoms with van der Waals surface area (Å²) in [6.07, 6.45) is 3.12. The molecule has 0 unspecified atom stereocenters. The van der Waals surface area contributed by atoms with Crippen LogP contribution in [0.3, 0.4) is 0 Å². The van der Waals surface area contributed by atoms with Crippen LogP contribution in [0, 0.1) is 13.8 Å². The first-order chi connectivity index (χ1) is 13.0. The Morgan fingerprint density at radius 1 is 1.22 bits per heavy atom. The third kappa shape index (κ3) is 2.85. The van der Waals surface area contributed by atoms with Gasteiger partial charge >= 0.3 is 6.03 Å². The lowest BCUT2D eigenvalue weighted by Crippen LogP contribution is -2.46. The van der Waals surface area contributed by atoms with Crippen molar-refractivity contribution in [1.82, 2.24) is 20.1 Å². The molecule has 3 aromatic heterocycles. The fraction of sp³-hybridized carbons (Fsp3) is 0.235. The third-order valence-electron chi connectivity index (χ3n) is 4.23. The van der Waals surface area contributed by atoms with E-state index in [4.69, 9.17) is 20.9 Å². The molecule has 3 aromatic rings. The van der Waals surface area contributed by atoms with Crippen LogP contribution in [0.2, 0.25) is 5.28 Å². The van der Waals surface area contributed by atoms with E-state index in [2.05, 4.69) is 20.1 Å². The van der Waals surface area contributed by atoms with Gasteiger partial charge in [0.25, 0.3) is 0 Å². The van der Waals surface area contributed by atoms with Crippen molar-refractivity contribution in [3.8, 4) is 5.75 Å². The van der Waals surface area contributed by atoms with Crippen LogP contribution in [0.4, 0.5) is 22.1 Å². The van der Waals surface area contributed by atoms with Crippen LogP contribution in [0.25, 0.3) is 0 Å². The molecule has 4 rings (SSSR count). The van der Waals surface area contributed by atoms with Gasteiger partial charge in [-0.1, -0.05) is 5.16 Å². The number of amides is 2. The molecule has 0 N–H and O–H groups in total. The second kappa shape index (κ2) is 6.51. The number of fused-ring (bicyclic) bond motifs is 1. The van der Waals surface area contributed by atoms with E-state index < -0.39 is 0 Å². The van der Waals surface area contributed by atoms with Crippen LogP contribution in [-0.2, 0) is 6.54 Å². The van der Waals surface area contributed by atoms with Gasteiger partial charge in [0.2, 0.25) is 5.28 Å². The summed E-state index contributed by atoms with van der Waals surface area (Å²) >= 11 is 5.97. The number of ether oxygens (including phenoxy) is 1. The second-order valence-corrected chi connectivity index (χ2v) is 6.26. The Morgan fingerprint density at radius 3 is 2.67 bits per heavy atom. The van der Waals surface area contributed by atoms with Crippen LogP contribution in [-0.4, -0.2) is 33.2 Å². The average Bonchev–Trinajstić information content (AvgIpc) is 3.00. The summed E-state index contributed by atoms with van der Waals surface area (Å²) in [6.45, 7) is 3.80. The maximum Gasteiger partial charge on any atom is 0.336 e. The van der Waals surface area contributed by atoms with E-state index in [1.54, 1.807) is 44.2 Å². The van der Waals surface area contributed by atoms with Gasteiger partial charge in [-0.05, 0) is 37.6 Å². The zero-order chi connectivity index (χ0) is 19.1. The molecule has 0 radical (unpaired) electrons. The highest BCUT2D eigenvalue weighted by Gasteiger charge is 2.37. The number of pyridine rings is 1. The van der Waals surface area contributed by atoms with Crippen molar-refractivity contribution in [2.45, 2.75) is 20.4 Å². The van der Waals surface area contributed by atoms with E-state index in [-0.39, 0.29) is 17.9 Å². The molecule has 0 aromatic carbocycles. The number of aryl methyl sites for hydroxylation is 2. The number of rotatable bonds is 3. The normalized spacial score (nSPS) is 13.7. The van der Waals surface area contributed by atoms with Crippen LogP contribution < -0.4 is 14.5 Å². The molecule has 27 heavy (non-hydrogen) atoms. The number of halogens is 1. The smallest absolute Gasteiger partial charge is 0.336 e. The molecule has 0 atom stereocenters. The maximum absolute atomic E-state index is 13.4. The molecule has 0 saturated carbocycles. The van der Waals surface area contributed by atoms with Gasteiger partial charge in [0, 0.05) is 11.8 Å². The van der Waals surface area contributed by atoms with Crippen molar-refractivity contribution in [1.29, 1.82) is 0 Å². The molecule has 10 heteroatoms. The number of carbonyl (C=O) groups excluding carboxylic acids is 1. The minimum absolute atomic E-state index is 0.0471. The average molecular weight is 387 g/mol. The maximum atomic E-state index is 13.4. The molecule has 4 heterocycles. The van der Waals surface area contributed by atoms with E-state index in [1.807, 2.05) is 0 Å². The Balaban J connectivity index is 1.87. The Labute approximate surface area is 159 Å². The van der Waals surface area contributed by atoms with E-state index in [0.29, 0.717) is 34.5 Å². The highest BCUT2D eigenvalue weighted by atomic mass is 35.5. The Bertz CT molecular complexity index is 1000. The molecular formula is C17H15ClN6O3. The van der Waals surface area contributed by atoms with Crippen LogP contribution >= 0.6 is 11.6 Å². The Hall–Kier alpha value is -3.20. The van der Waals surface area contributed by atoms with Gasteiger partial charge in [-0.2, -0.15) is 4.98 Å². The molecule has 0 bridgehead atoms. The van der Waals surface area contributed by atoms with Gasteiger partial charge < -0.3 is 9.26 Å². The summed E-state index contributed by atoms with van der Waals surface area (Å²) < 4.78 is 10.4. The second-order valence-electron chi connectivity index (χ2n) is 5.92. The molecule has 138 valence electrons. The van der Waals surface area contributed by atoms with Crippen molar-refractivity contribution in [3.05, 3.63) is 46.8 Å². The molecular weight excluding hydrogens is 372 g/mol. The molecule has 1 aliphatic heterocycles.